The van der Waals surface area contributed by atoms with E-state index in [9.17, 15) is 0 Å². The van der Waals surface area contributed by atoms with Crippen molar-refractivity contribution in [2.45, 2.75) is 12.6 Å². The minimum Gasteiger partial charge on any atom is -0.359 e. The molecule has 0 radical (unpaired) electrons. The van der Waals surface area contributed by atoms with E-state index in [1.807, 2.05) is 25.2 Å². The minimum atomic E-state index is -0.0629. The molecule has 1 aromatic carbocycles. The highest BCUT2D eigenvalue weighted by Gasteiger charge is 2.19. The van der Waals surface area contributed by atoms with E-state index in [1.54, 1.807) is 0 Å². The molecule has 1 N–H and O–H groups in total. The van der Waals surface area contributed by atoms with E-state index in [4.69, 9.17) is 10.00 Å². The summed E-state index contributed by atoms with van der Waals surface area (Å²) in [5.74, 6) is 0. The molecule has 72 valence electrons. The Morgan fingerprint density at radius 2 is 2.43 bits per heavy atom. The van der Waals surface area contributed by atoms with Crippen LogP contribution in [0.3, 0.4) is 0 Å². The Morgan fingerprint density at radius 3 is 3.14 bits per heavy atom. The monoisotopic (exact) mass is 188 g/mol. The van der Waals surface area contributed by atoms with Gasteiger partial charge in [-0.05, 0) is 36.7 Å². The molecule has 1 heterocycles. The molecule has 0 spiro atoms. The summed E-state index contributed by atoms with van der Waals surface area (Å²) in [6.07, 6.45) is 0.867. The van der Waals surface area contributed by atoms with Crippen molar-refractivity contribution in [1.29, 1.82) is 5.26 Å². The number of nitrogens with one attached hydrogen (secondary N) is 1. The van der Waals surface area contributed by atoms with Crippen LogP contribution in [0.1, 0.15) is 22.9 Å². The fourth-order valence-electron chi connectivity index (χ4n) is 1.75. The first-order chi connectivity index (χ1) is 6.85. The number of hydrogen-bond acceptors (Lipinski definition) is 3. The van der Waals surface area contributed by atoms with Crippen molar-refractivity contribution >= 4 is 0 Å². The molecule has 0 bridgehead atoms. The van der Waals surface area contributed by atoms with Gasteiger partial charge >= 0.3 is 0 Å². The Hall–Kier alpha value is -1.37. The van der Waals surface area contributed by atoms with Crippen molar-refractivity contribution in [3.05, 3.63) is 34.9 Å². The predicted molar refractivity (Wildman–Crippen MR) is 52.6 cm³/mol. The number of benzene rings is 1. The third-order valence-electron chi connectivity index (χ3n) is 2.48. The molecule has 14 heavy (non-hydrogen) atoms. The van der Waals surface area contributed by atoms with E-state index < -0.39 is 0 Å². The topological polar surface area (TPSA) is 45.0 Å². The van der Waals surface area contributed by atoms with Crippen molar-refractivity contribution in [2.75, 3.05) is 13.7 Å². The second-order valence-electron chi connectivity index (χ2n) is 3.31. The van der Waals surface area contributed by atoms with Gasteiger partial charge in [-0.1, -0.05) is 6.07 Å². The fraction of sp³-hybridized carbons (Fsp3) is 0.364. The lowest BCUT2D eigenvalue weighted by Gasteiger charge is -2.25. The SMILES string of the molecule is CNC1OCCc2ccc(C#N)cc21. The maximum absolute atomic E-state index is 8.79. The zero-order valence-electron chi connectivity index (χ0n) is 8.08. The van der Waals surface area contributed by atoms with Crippen LogP contribution in [0, 0.1) is 11.3 Å². The third-order valence-corrected chi connectivity index (χ3v) is 2.48. The highest BCUT2D eigenvalue weighted by atomic mass is 16.5. The minimum absolute atomic E-state index is 0.0629. The first-order valence-corrected chi connectivity index (χ1v) is 4.67. The van der Waals surface area contributed by atoms with E-state index in [2.05, 4.69) is 11.4 Å². The highest BCUT2D eigenvalue weighted by molar-refractivity contribution is 5.40. The molecule has 1 unspecified atom stereocenters. The molecule has 1 atom stereocenters. The van der Waals surface area contributed by atoms with Crippen molar-refractivity contribution in [2.24, 2.45) is 0 Å². The van der Waals surface area contributed by atoms with Gasteiger partial charge in [0.25, 0.3) is 0 Å². The number of rotatable bonds is 1. The first-order valence-electron chi connectivity index (χ1n) is 4.67. The molecule has 0 amide bonds. The van der Waals surface area contributed by atoms with Crippen LogP contribution in [0.4, 0.5) is 0 Å². The van der Waals surface area contributed by atoms with Crippen molar-refractivity contribution in [3.8, 4) is 6.07 Å². The summed E-state index contributed by atoms with van der Waals surface area (Å²) in [5, 5.41) is 11.9. The van der Waals surface area contributed by atoms with Gasteiger partial charge in [0.1, 0.15) is 6.23 Å². The standard InChI is InChI=1S/C11H12N2O/c1-13-11-10-6-8(7-12)2-3-9(10)4-5-14-11/h2-3,6,11,13H,4-5H2,1H3. The number of fused-ring (bicyclic) bond motifs is 1. The Bertz CT molecular complexity index is 381. The lowest BCUT2D eigenvalue weighted by molar-refractivity contribution is 0.0240. The molecule has 0 aliphatic carbocycles. The van der Waals surface area contributed by atoms with Gasteiger partial charge in [0, 0.05) is 0 Å². The van der Waals surface area contributed by atoms with Gasteiger partial charge in [-0.3, -0.25) is 5.32 Å². The maximum Gasteiger partial charge on any atom is 0.134 e. The molecule has 0 fully saturated rings. The van der Waals surface area contributed by atoms with Crippen LogP contribution in [-0.4, -0.2) is 13.7 Å². The van der Waals surface area contributed by atoms with Crippen molar-refractivity contribution in [1.82, 2.24) is 5.32 Å². The second-order valence-corrected chi connectivity index (χ2v) is 3.31. The normalized spacial score (nSPS) is 19.9. The molecule has 0 saturated carbocycles. The zero-order chi connectivity index (χ0) is 9.97. The lowest BCUT2D eigenvalue weighted by Crippen LogP contribution is -2.26. The first kappa shape index (κ1) is 9.20. The summed E-state index contributed by atoms with van der Waals surface area (Å²) in [5.41, 5.74) is 3.06. The van der Waals surface area contributed by atoms with Crippen LogP contribution < -0.4 is 5.32 Å². The molecule has 0 saturated heterocycles. The van der Waals surface area contributed by atoms with Gasteiger partial charge in [0.15, 0.2) is 0 Å². The van der Waals surface area contributed by atoms with Crippen LogP contribution >= 0.6 is 0 Å². The van der Waals surface area contributed by atoms with E-state index in [0.717, 1.165) is 18.6 Å². The molecule has 3 heteroatoms. The summed E-state index contributed by atoms with van der Waals surface area (Å²) in [4.78, 5) is 0. The second kappa shape index (κ2) is 3.79. The van der Waals surface area contributed by atoms with Crippen LogP contribution in [0.25, 0.3) is 0 Å². The Kier molecular flexibility index (Phi) is 2.49. The molecular weight excluding hydrogens is 176 g/mol. The average molecular weight is 188 g/mol. The molecule has 1 aliphatic heterocycles. The largest absolute Gasteiger partial charge is 0.359 e. The summed E-state index contributed by atoms with van der Waals surface area (Å²) in [6, 6.07) is 7.91. The predicted octanol–water partition coefficient (Wildman–Crippen LogP) is 1.35. The van der Waals surface area contributed by atoms with Gasteiger partial charge in [0.05, 0.1) is 18.2 Å². The van der Waals surface area contributed by atoms with E-state index in [1.165, 1.54) is 5.56 Å². The van der Waals surface area contributed by atoms with Crippen LogP contribution in [0.2, 0.25) is 0 Å². The number of ether oxygens (including phenoxy) is 1. The third kappa shape index (κ3) is 1.50. The number of nitriles is 1. The molecule has 1 aliphatic rings. The molecule has 2 rings (SSSR count). The Labute approximate surface area is 83.3 Å². The van der Waals surface area contributed by atoms with Gasteiger partial charge in [-0.25, -0.2) is 0 Å². The summed E-state index contributed by atoms with van der Waals surface area (Å²) >= 11 is 0. The van der Waals surface area contributed by atoms with E-state index in [-0.39, 0.29) is 6.23 Å². The summed E-state index contributed by atoms with van der Waals surface area (Å²) in [7, 11) is 1.86. The average Bonchev–Trinajstić information content (AvgIpc) is 2.27. The number of nitrogens with zero attached hydrogens (tertiary/aromatic N) is 1. The van der Waals surface area contributed by atoms with Gasteiger partial charge in [-0.2, -0.15) is 5.26 Å². The molecule has 1 aromatic rings. The van der Waals surface area contributed by atoms with Crippen molar-refractivity contribution < 1.29 is 4.74 Å². The zero-order valence-corrected chi connectivity index (χ0v) is 8.08. The quantitative estimate of drug-likeness (QED) is 0.723. The highest BCUT2D eigenvalue weighted by Crippen LogP contribution is 2.25. The molecule has 3 nitrogen and oxygen atoms in total. The lowest BCUT2D eigenvalue weighted by atomic mass is 9.99. The van der Waals surface area contributed by atoms with Crippen LogP contribution in [0.5, 0.6) is 0 Å². The molecule has 0 aromatic heterocycles. The van der Waals surface area contributed by atoms with Gasteiger partial charge in [0.2, 0.25) is 0 Å². The Morgan fingerprint density at radius 1 is 1.57 bits per heavy atom. The fourth-order valence-corrected chi connectivity index (χ4v) is 1.75. The van der Waals surface area contributed by atoms with Gasteiger partial charge < -0.3 is 4.74 Å². The van der Waals surface area contributed by atoms with Crippen molar-refractivity contribution in [3.63, 3.8) is 0 Å². The maximum atomic E-state index is 8.79. The Balaban J connectivity index is 2.44. The van der Waals surface area contributed by atoms with E-state index >= 15 is 0 Å². The van der Waals surface area contributed by atoms with Gasteiger partial charge in [-0.15, -0.1) is 0 Å². The summed E-state index contributed by atoms with van der Waals surface area (Å²) < 4.78 is 5.53. The smallest absolute Gasteiger partial charge is 0.134 e. The number of hydrogen-bond donors (Lipinski definition) is 1. The van der Waals surface area contributed by atoms with E-state index in [0.29, 0.717) is 5.56 Å². The van der Waals surface area contributed by atoms with Crippen LogP contribution in [-0.2, 0) is 11.2 Å². The van der Waals surface area contributed by atoms with Crippen LogP contribution in [0.15, 0.2) is 18.2 Å². The summed E-state index contributed by atoms with van der Waals surface area (Å²) in [6.45, 7) is 0.740. The molecular formula is C11H12N2O.